The molecule has 0 fully saturated rings. The zero-order valence-corrected chi connectivity index (χ0v) is 32.0. The Morgan fingerprint density at radius 3 is 1.28 bits per heavy atom. The third-order valence-corrected chi connectivity index (χ3v) is 12.7. The standard InChI is InChI=1S/C58H38/c1-4-22-41-37(16-1)19-13-31-44(41)56-49-27-9-7-25-47(49)55(48-26-8-10-28-50(48)56)40-34-35-53-54(36-40)58(46-33-15-21-39-18-3-6-24-43(39)46)52-30-12-11-29-51(52)57(53)45-32-14-20-38-17-2-5-23-42(38)45/h2-15,17-36H,1,16H2. The quantitative estimate of drug-likeness (QED) is 0.158. The average Bonchev–Trinajstić information content (AvgIpc) is 3.29. The van der Waals surface area contributed by atoms with Gasteiger partial charge in [0.15, 0.2) is 0 Å². The minimum atomic E-state index is 1.08. The molecule has 0 heterocycles. The summed E-state index contributed by atoms with van der Waals surface area (Å²) in [6.07, 6.45) is 6.86. The second-order valence-corrected chi connectivity index (χ2v) is 15.8. The van der Waals surface area contributed by atoms with Crippen molar-refractivity contribution in [1.82, 2.24) is 0 Å². The second-order valence-electron chi connectivity index (χ2n) is 15.8. The number of fused-ring (bicyclic) bond motifs is 7. The Bertz CT molecular complexity index is 3440. The van der Waals surface area contributed by atoms with Crippen LogP contribution in [0, 0.1) is 0 Å². The highest BCUT2D eigenvalue weighted by molar-refractivity contribution is 6.27. The van der Waals surface area contributed by atoms with Crippen LogP contribution in [0.5, 0.6) is 0 Å². The molecule has 0 aliphatic heterocycles. The monoisotopic (exact) mass is 734 g/mol. The summed E-state index contributed by atoms with van der Waals surface area (Å²) in [5.41, 5.74) is 13.0. The van der Waals surface area contributed by atoms with Gasteiger partial charge in [0.05, 0.1) is 0 Å². The van der Waals surface area contributed by atoms with E-state index in [2.05, 4.69) is 206 Å². The van der Waals surface area contributed by atoms with Gasteiger partial charge in [0.25, 0.3) is 0 Å². The average molecular weight is 735 g/mol. The summed E-state index contributed by atoms with van der Waals surface area (Å²) in [5, 5.41) is 15.2. The molecule has 0 bridgehead atoms. The SMILES string of the molecule is C1=Cc2c(cccc2-c2c3ccccc3c(-c3ccc4c(-c5cccc6ccccc56)c5ccccc5c(-c5cccc6ccccc56)c4c3)c3ccccc23)CC1. The summed E-state index contributed by atoms with van der Waals surface area (Å²) < 4.78 is 0. The molecule has 0 saturated heterocycles. The van der Waals surface area contributed by atoms with Crippen LogP contribution in [0.25, 0.3) is 115 Å². The molecule has 0 N–H and O–H groups in total. The summed E-state index contributed by atoms with van der Waals surface area (Å²) >= 11 is 0. The Kier molecular flexibility index (Phi) is 7.46. The van der Waals surface area contributed by atoms with E-state index in [1.165, 1.54) is 120 Å². The van der Waals surface area contributed by atoms with Crippen LogP contribution < -0.4 is 0 Å². The van der Waals surface area contributed by atoms with Crippen molar-refractivity contribution in [3.05, 3.63) is 211 Å². The van der Waals surface area contributed by atoms with Gasteiger partial charge in [0.1, 0.15) is 0 Å². The maximum Gasteiger partial charge on any atom is -0.00199 e. The summed E-state index contributed by atoms with van der Waals surface area (Å²) in [5.74, 6) is 0. The molecular formula is C58H38. The first-order valence-corrected chi connectivity index (χ1v) is 20.5. The highest BCUT2D eigenvalue weighted by atomic mass is 14.3. The molecule has 0 spiro atoms. The minimum absolute atomic E-state index is 1.08. The van der Waals surface area contributed by atoms with Gasteiger partial charge in [-0.25, -0.2) is 0 Å². The molecule has 58 heavy (non-hydrogen) atoms. The Hall–Kier alpha value is -7.28. The van der Waals surface area contributed by atoms with Gasteiger partial charge in [-0.1, -0.05) is 200 Å². The van der Waals surface area contributed by atoms with Crippen LogP contribution in [0.4, 0.5) is 0 Å². The lowest BCUT2D eigenvalue weighted by atomic mass is 9.81. The molecule has 0 nitrogen and oxygen atoms in total. The van der Waals surface area contributed by atoms with Gasteiger partial charge in [0, 0.05) is 0 Å². The fourth-order valence-corrected chi connectivity index (χ4v) is 10.2. The molecule has 1 aliphatic carbocycles. The summed E-state index contributed by atoms with van der Waals surface area (Å²) in [7, 11) is 0. The number of allylic oxidation sites excluding steroid dienone is 1. The van der Waals surface area contributed by atoms with Crippen molar-refractivity contribution in [3.63, 3.8) is 0 Å². The van der Waals surface area contributed by atoms with E-state index >= 15 is 0 Å². The van der Waals surface area contributed by atoms with Crippen molar-refractivity contribution in [2.24, 2.45) is 0 Å². The van der Waals surface area contributed by atoms with E-state index in [9.17, 15) is 0 Å². The van der Waals surface area contributed by atoms with E-state index in [-0.39, 0.29) is 0 Å². The van der Waals surface area contributed by atoms with E-state index in [0.717, 1.165) is 12.8 Å². The fourth-order valence-electron chi connectivity index (χ4n) is 10.2. The van der Waals surface area contributed by atoms with E-state index < -0.39 is 0 Å². The van der Waals surface area contributed by atoms with Gasteiger partial charge < -0.3 is 0 Å². The van der Waals surface area contributed by atoms with Crippen molar-refractivity contribution in [2.75, 3.05) is 0 Å². The lowest BCUT2D eigenvalue weighted by Crippen LogP contribution is -1.98. The van der Waals surface area contributed by atoms with Gasteiger partial charge in [-0.05, 0) is 139 Å². The van der Waals surface area contributed by atoms with Crippen LogP contribution in [0.1, 0.15) is 17.5 Å². The second kappa shape index (κ2) is 13.2. The Morgan fingerprint density at radius 2 is 0.707 bits per heavy atom. The smallest absolute Gasteiger partial charge is 0.00199 e. The Labute approximate surface area is 338 Å². The highest BCUT2D eigenvalue weighted by Crippen LogP contribution is 2.50. The third kappa shape index (κ3) is 4.95. The molecule has 0 atom stereocenters. The van der Waals surface area contributed by atoms with Gasteiger partial charge in [0.2, 0.25) is 0 Å². The first-order valence-electron chi connectivity index (χ1n) is 20.5. The molecule has 1 aliphatic rings. The van der Waals surface area contributed by atoms with E-state index in [1.807, 2.05) is 0 Å². The molecule has 270 valence electrons. The van der Waals surface area contributed by atoms with Gasteiger partial charge in [-0.2, -0.15) is 0 Å². The zero-order valence-electron chi connectivity index (χ0n) is 32.0. The number of benzene rings is 11. The third-order valence-electron chi connectivity index (χ3n) is 12.7. The molecule has 0 radical (unpaired) electrons. The maximum atomic E-state index is 2.51. The van der Waals surface area contributed by atoms with Crippen LogP contribution in [-0.2, 0) is 6.42 Å². The molecular weight excluding hydrogens is 697 g/mol. The normalized spacial score (nSPS) is 12.6. The lowest BCUT2D eigenvalue weighted by molar-refractivity contribution is 0.987. The van der Waals surface area contributed by atoms with Crippen molar-refractivity contribution >= 4 is 70.7 Å². The number of rotatable bonds is 4. The molecule has 12 rings (SSSR count). The molecule has 11 aromatic carbocycles. The predicted molar refractivity (Wildman–Crippen MR) is 251 cm³/mol. The maximum absolute atomic E-state index is 2.51. The van der Waals surface area contributed by atoms with Gasteiger partial charge in [-0.15, -0.1) is 0 Å². The fraction of sp³-hybridized carbons (Fsp3) is 0.0345. The molecule has 0 aromatic heterocycles. The van der Waals surface area contributed by atoms with E-state index in [4.69, 9.17) is 0 Å². The van der Waals surface area contributed by atoms with Crippen LogP contribution >= 0.6 is 0 Å². The van der Waals surface area contributed by atoms with E-state index in [0.29, 0.717) is 0 Å². The van der Waals surface area contributed by atoms with Crippen LogP contribution in [0.3, 0.4) is 0 Å². The largest absolute Gasteiger partial charge is 0.0836 e. The molecule has 0 amide bonds. The number of aryl methyl sites for hydroxylation is 1. The summed E-state index contributed by atoms with van der Waals surface area (Å²) in [6, 6.07) is 72.6. The minimum Gasteiger partial charge on any atom is -0.0836 e. The molecule has 0 unspecified atom stereocenters. The van der Waals surface area contributed by atoms with Gasteiger partial charge >= 0.3 is 0 Å². The van der Waals surface area contributed by atoms with Crippen molar-refractivity contribution in [1.29, 1.82) is 0 Å². The first-order chi connectivity index (χ1) is 28.8. The highest BCUT2D eigenvalue weighted by Gasteiger charge is 2.23. The van der Waals surface area contributed by atoms with Gasteiger partial charge in [-0.3, -0.25) is 0 Å². The van der Waals surface area contributed by atoms with Crippen LogP contribution in [-0.4, -0.2) is 0 Å². The first kappa shape index (κ1) is 32.9. The molecule has 11 aromatic rings. The van der Waals surface area contributed by atoms with Crippen molar-refractivity contribution in [3.8, 4) is 44.5 Å². The zero-order chi connectivity index (χ0) is 38.2. The Morgan fingerprint density at radius 1 is 0.293 bits per heavy atom. The number of hydrogen-bond acceptors (Lipinski definition) is 0. The number of hydrogen-bond donors (Lipinski definition) is 0. The van der Waals surface area contributed by atoms with Crippen LogP contribution in [0.2, 0.25) is 0 Å². The van der Waals surface area contributed by atoms with Crippen molar-refractivity contribution in [2.45, 2.75) is 12.8 Å². The molecule has 0 heteroatoms. The Balaban J connectivity index is 1.23. The van der Waals surface area contributed by atoms with Crippen molar-refractivity contribution < 1.29 is 0 Å². The molecule has 0 saturated carbocycles. The van der Waals surface area contributed by atoms with Crippen LogP contribution in [0.15, 0.2) is 200 Å². The topological polar surface area (TPSA) is 0 Å². The summed E-state index contributed by atoms with van der Waals surface area (Å²) in [4.78, 5) is 0. The van der Waals surface area contributed by atoms with E-state index in [1.54, 1.807) is 0 Å². The predicted octanol–water partition coefficient (Wildman–Crippen LogP) is 16.2. The summed E-state index contributed by atoms with van der Waals surface area (Å²) in [6.45, 7) is 0. The lowest BCUT2D eigenvalue weighted by Gasteiger charge is -2.22.